The van der Waals surface area contributed by atoms with Gasteiger partial charge in [-0.1, -0.05) is 23.7 Å². The lowest BCUT2D eigenvalue weighted by atomic mass is 10.2. The molecule has 0 spiro atoms. The first-order chi connectivity index (χ1) is 5.70. The highest BCUT2D eigenvalue weighted by Gasteiger charge is 2.07. The molecule has 1 aromatic heterocycles. The summed E-state index contributed by atoms with van der Waals surface area (Å²) >= 11 is 7.37. The summed E-state index contributed by atoms with van der Waals surface area (Å²) in [5.41, 5.74) is 12.0. The van der Waals surface area contributed by atoms with Gasteiger partial charge in [-0.2, -0.15) is 0 Å². The van der Waals surface area contributed by atoms with Crippen LogP contribution in [0.4, 0.5) is 10.7 Å². The standard InChI is InChI=1S/C8H7ClN2S/c9-5-3-1-2-4-6(10)8(11)12-7(4)5/h1-3H,10-11H2. The van der Waals surface area contributed by atoms with E-state index in [1.165, 1.54) is 11.3 Å². The smallest absolute Gasteiger partial charge is 0.110 e. The zero-order valence-electron chi connectivity index (χ0n) is 6.17. The van der Waals surface area contributed by atoms with E-state index >= 15 is 0 Å². The number of nitrogen functional groups attached to an aromatic ring is 2. The van der Waals surface area contributed by atoms with Crippen molar-refractivity contribution in [2.45, 2.75) is 0 Å². The highest BCUT2D eigenvalue weighted by Crippen LogP contribution is 2.39. The summed E-state index contributed by atoms with van der Waals surface area (Å²) < 4.78 is 0.967. The quantitative estimate of drug-likeness (QED) is 0.684. The lowest BCUT2D eigenvalue weighted by Gasteiger charge is -1.92. The van der Waals surface area contributed by atoms with E-state index < -0.39 is 0 Å². The predicted molar refractivity (Wildman–Crippen MR) is 55.7 cm³/mol. The Morgan fingerprint density at radius 2 is 2.00 bits per heavy atom. The van der Waals surface area contributed by atoms with Gasteiger partial charge in [-0.05, 0) is 6.07 Å². The van der Waals surface area contributed by atoms with E-state index in [-0.39, 0.29) is 0 Å². The Hall–Kier alpha value is -0.930. The lowest BCUT2D eigenvalue weighted by molar-refractivity contribution is 1.82. The Morgan fingerprint density at radius 3 is 2.67 bits per heavy atom. The summed E-state index contributed by atoms with van der Waals surface area (Å²) in [5.74, 6) is 0. The molecule has 0 saturated carbocycles. The van der Waals surface area contributed by atoms with Crippen molar-refractivity contribution in [3.63, 3.8) is 0 Å². The van der Waals surface area contributed by atoms with Crippen LogP contribution in [-0.4, -0.2) is 0 Å². The van der Waals surface area contributed by atoms with E-state index in [2.05, 4.69) is 0 Å². The van der Waals surface area contributed by atoms with Crippen molar-refractivity contribution in [2.24, 2.45) is 0 Å². The molecule has 0 aliphatic carbocycles. The van der Waals surface area contributed by atoms with Crippen LogP contribution in [0.15, 0.2) is 18.2 Å². The second kappa shape index (κ2) is 2.54. The van der Waals surface area contributed by atoms with Gasteiger partial charge >= 0.3 is 0 Å². The molecular weight excluding hydrogens is 192 g/mol. The van der Waals surface area contributed by atoms with Gasteiger partial charge in [0.2, 0.25) is 0 Å². The minimum atomic E-state index is 0.637. The van der Waals surface area contributed by atoms with Crippen LogP contribution >= 0.6 is 22.9 Å². The summed E-state index contributed by atoms with van der Waals surface area (Å²) in [7, 11) is 0. The van der Waals surface area contributed by atoms with Crippen LogP contribution in [0.1, 0.15) is 0 Å². The maximum absolute atomic E-state index is 5.94. The summed E-state index contributed by atoms with van der Waals surface area (Å²) in [6, 6.07) is 5.62. The molecule has 0 amide bonds. The van der Waals surface area contributed by atoms with Gasteiger partial charge in [0.15, 0.2) is 0 Å². The van der Waals surface area contributed by atoms with Crippen molar-refractivity contribution >= 4 is 43.7 Å². The Bertz CT molecular complexity index is 436. The van der Waals surface area contributed by atoms with Crippen LogP contribution in [0, 0.1) is 0 Å². The molecule has 2 nitrogen and oxygen atoms in total. The molecule has 0 aliphatic heterocycles. The van der Waals surface area contributed by atoms with Crippen LogP contribution in [0.5, 0.6) is 0 Å². The van der Waals surface area contributed by atoms with Gasteiger partial charge in [0.25, 0.3) is 0 Å². The first-order valence-corrected chi connectivity index (χ1v) is 4.61. The lowest BCUT2D eigenvalue weighted by Crippen LogP contribution is -1.87. The monoisotopic (exact) mass is 198 g/mol. The van der Waals surface area contributed by atoms with Gasteiger partial charge in [0.1, 0.15) is 5.00 Å². The Morgan fingerprint density at radius 1 is 1.25 bits per heavy atom. The maximum atomic E-state index is 5.94. The van der Waals surface area contributed by atoms with Gasteiger partial charge in [0, 0.05) is 5.39 Å². The molecule has 4 N–H and O–H groups in total. The summed E-state index contributed by atoms with van der Waals surface area (Å²) in [6.07, 6.45) is 0. The molecule has 0 fully saturated rings. The number of rotatable bonds is 0. The summed E-state index contributed by atoms with van der Waals surface area (Å²) in [6.45, 7) is 0. The Kier molecular flexibility index (Phi) is 1.63. The predicted octanol–water partition coefficient (Wildman–Crippen LogP) is 2.72. The van der Waals surface area contributed by atoms with Crippen LogP contribution in [0.3, 0.4) is 0 Å². The fraction of sp³-hybridized carbons (Fsp3) is 0. The molecule has 1 aromatic carbocycles. The molecule has 12 heavy (non-hydrogen) atoms. The first kappa shape index (κ1) is 7.71. The summed E-state index contributed by atoms with van der Waals surface area (Å²) in [5, 5.41) is 2.30. The minimum absolute atomic E-state index is 0.637. The molecule has 0 radical (unpaired) electrons. The minimum Gasteiger partial charge on any atom is -0.396 e. The number of halogens is 1. The van der Waals surface area contributed by atoms with Gasteiger partial charge in [-0.3, -0.25) is 0 Å². The van der Waals surface area contributed by atoms with E-state index in [0.29, 0.717) is 15.7 Å². The van der Waals surface area contributed by atoms with Crippen LogP contribution in [0.25, 0.3) is 10.1 Å². The summed E-state index contributed by atoms with van der Waals surface area (Å²) in [4.78, 5) is 0. The normalized spacial score (nSPS) is 10.8. The number of anilines is 2. The molecule has 2 rings (SSSR count). The topological polar surface area (TPSA) is 52.0 Å². The number of thiophene rings is 1. The highest BCUT2D eigenvalue weighted by atomic mass is 35.5. The van der Waals surface area contributed by atoms with Gasteiger partial charge in [-0.25, -0.2) is 0 Å². The molecule has 62 valence electrons. The maximum Gasteiger partial charge on any atom is 0.110 e. The van der Waals surface area contributed by atoms with Crippen molar-refractivity contribution in [3.8, 4) is 0 Å². The first-order valence-electron chi connectivity index (χ1n) is 3.42. The average molecular weight is 199 g/mol. The molecule has 0 atom stereocenters. The molecule has 0 bridgehead atoms. The molecular formula is C8H7ClN2S. The third-order valence-electron chi connectivity index (χ3n) is 1.73. The van der Waals surface area contributed by atoms with Crippen LogP contribution < -0.4 is 11.5 Å². The van der Waals surface area contributed by atoms with Crippen LogP contribution in [-0.2, 0) is 0 Å². The van der Waals surface area contributed by atoms with Crippen molar-refractivity contribution in [1.82, 2.24) is 0 Å². The molecule has 4 heteroatoms. The largest absolute Gasteiger partial charge is 0.396 e. The molecule has 0 saturated heterocycles. The van der Waals surface area contributed by atoms with Gasteiger partial charge < -0.3 is 11.5 Å². The SMILES string of the molecule is Nc1sc2c(Cl)cccc2c1N. The van der Waals surface area contributed by atoms with E-state index in [1.54, 1.807) is 0 Å². The number of hydrogen-bond donors (Lipinski definition) is 2. The van der Waals surface area contributed by atoms with Crippen molar-refractivity contribution in [1.29, 1.82) is 0 Å². The molecule has 1 heterocycles. The van der Waals surface area contributed by atoms with E-state index in [4.69, 9.17) is 23.1 Å². The van der Waals surface area contributed by atoms with Gasteiger partial charge in [0.05, 0.1) is 15.4 Å². The molecule has 0 unspecified atom stereocenters. The van der Waals surface area contributed by atoms with E-state index in [9.17, 15) is 0 Å². The number of nitrogens with two attached hydrogens (primary N) is 2. The van der Waals surface area contributed by atoms with E-state index in [1.807, 2.05) is 18.2 Å². The van der Waals surface area contributed by atoms with Crippen molar-refractivity contribution in [2.75, 3.05) is 11.5 Å². The van der Waals surface area contributed by atoms with Gasteiger partial charge in [-0.15, -0.1) is 11.3 Å². The second-order valence-electron chi connectivity index (χ2n) is 2.50. The Balaban J connectivity index is 2.95. The highest BCUT2D eigenvalue weighted by molar-refractivity contribution is 7.24. The molecule has 0 aliphatic rings. The van der Waals surface area contributed by atoms with Crippen molar-refractivity contribution in [3.05, 3.63) is 23.2 Å². The number of hydrogen-bond acceptors (Lipinski definition) is 3. The zero-order valence-corrected chi connectivity index (χ0v) is 7.75. The zero-order chi connectivity index (χ0) is 8.72. The third kappa shape index (κ3) is 0.940. The molecule has 2 aromatic rings. The Labute approximate surface area is 78.7 Å². The van der Waals surface area contributed by atoms with E-state index in [0.717, 1.165) is 10.1 Å². The van der Waals surface area contributed by atoms with Crippen LogP contribution in [0.2, 0.25) is 5.02 Å². The number of benzene rings is 1. The number of fused-ring (bicyclic) bond motifs is 1. The van der Waals surface area contributed by atoms with Crippen molar-refractivity contribution < 1.29 is 0 Å². The fourth-order valence-corrected chi connectivity index (χ4v) is 2.31. The third-order valence-corrected chi connectivity index (χ3v) is 3.25. The fourth-order valence-electron chi connectivity index (χ4n) is 1.12. The second-order valence-corrected chi connectivity index (χ2v) is 3.96. The average Bonchev–Trinajstić information content (AvgIpc) is 2.32.